The second kappa shape index (κ2) is 19.0. The Balaban J connectivity index is 0.00000353. The Kier molecular flexibility index (Phi) is 16.1. The molecule has 0 heterocycles. The Morgan fingerprint density at radius 1 is 0.933 bits per heavy atom. The van der Waals surface area contributed by atoms with Crippen molar-refractivity contribution in [3.63, 3.8) is 0 Å². The first-order chi connectivity index (χ1) is 20.7. The predicted molar refractivity (Wildman–Crippen MR) is 184 cm³/mol. The number of nitrogen functional groups attached to an aromatic ring is 1. The quantitative estimate of drug-likeness (QED) is 0.109. The fourth-order valence-electron chi connectivity index (χ4n) is 5.21. The van der Waals surface area contributed by atoms with E-state index in [2.05, 4.69) is 22.2 Å². The molecule has 0 spiro atoms. The van der Waals surface area contributed by atoms with E-state index >= 15 is 0 Å². The molecule has 0 aliphatic heterocycles. The highest BCUT2D eigenvalue weighted by Crippen LogP contribution is 2.31. The van der Waals surface area contributed by atoms with Gasteiger partial charge in [-0.25, -0.2) is 13.1 Å². The molecule has 3 aromatic carbocycles. The van der Waals surface area contributed by atoms with Crippen molar-refractivity contribution in [2.75, 3.05) is 31.2 Å². The molecule has 1 aliphatic carbocycles. The van der Waals surface area contributed by atoms with Crippen LogP contribution >= 0.6 is 24.8 Å². The summed E-state index contributed by atoms with van der Waals surface area (Å²) in [6, 6.07) is 20.7. The Morgan fingerprint density at radius 3 is 2.27 bits per heavy atom. The lowest BCUT2D eigenvalue weighted by Crippen LogP contribution is -2.33. The van der Waals surface area contributed by atoms with Gasteiger partial charge in [-0.15, -0.1) is 24.8 Å². The van der Waals surface area contributed by atoms with Crippen molar-refractivity contribution in [3.8, 4) is 16.9 Å². The molecule has 1 fully saturated rings. The van der Waals surface area contributed by atoms with Gasteiger partial charge in [0.05, 0.1) is 23.5 Å². The number of aryl methyl sites for hydroxylation is 1. The van der Waals surface area contributed by atoms with Gasteiger partial charge in [0.2, 0.25) is 10.0 Å². The number of carbonyl (C=O) groups is 1. The highest BCUT2D eigenvalue weighted by atomic mass is 35.5. The number of aliphatic hydroxyl groups excluding tert-OH is 2. The second-order valence-electron chi connectivity index (χ2n) is 11.1. The van der Waals surface area contributed by atoms with Gasteiger partial charge in [0.1, 0.15) is 5.75 Å². The molecule has 0 radical (unpaired) electrons. The Morgan fingerprint density at radius 2 is 1.60 bits per heavy atom. The second-order valence-corrected chi connectivity index (χ2v) is 12.9. The zero-order valence-corrected chi connectivity index (χ0v) is 27.8. The summed E-state index contributed by atoms with van der Waals surface area (Å²) in [5.41, 5.74) is 10.4. The molecule has 0 aromatic heterocycles. The van der Waals surface area contributed by atoms with Crippen molar-refractivity contribution in [1.82, 2.24) is 10.0 Å². The topological polar surface area (TPSA) is 151 Å². The maximum Gasteiger partial charge on any atom is 0.268 e. The zero-order valence-electron chi connectivity index (χ0n) is 25.3. The van der Waals surface area contributed by atoms with Crippen LogP contribution in [0.1, 0.15) is 72.5 Å². The molecule has 3 aromatic rings. The van der Waals surface area contributed by atoms with Gasteiger partial charge in [-0.3, -0.25) is 4.79 Å². The first-order valence-electron chi connectivity index (χ1n) is 15.0. The van der Waals surface area contributed by atoms with Crippen LogP contribution in [-0.2, 0) is 16.4 Å². The standard InChI is InChI=1S/C33H43N3O6S.2ClH/c34-28-16-13-26(14-17-28)31(38)23-35-19-4-6-24-9-11-25(12-10-24)27-15-18-30(33(39)36-43(40,41)21-5-20-37)32(22-27)42-29-7-2-1-3-8-29;;/h9-18,22,29,31,35,37-38H,1-8,19-21,23,34H2,(H,36,39);2*1H/t31-;;/m1../s1. The molecule has 45 heavy (non-hydrogen) atoms. The molecule has 1 aliphatic rings. The summed E-state index contributed by atoms with van der Waals surface area (Å²) < 4.78 is 33.0. The van der Waals surface area contributed by atoms with Crippen LogP contribution in [0.4, 0.5) is 5.69 Å². The lowest BCUT2D eigenvalue weighted by molar-refractivity contribution is 0.0969. The highest BCUT2D eigenvalue weighted by molar-refractivity contribution is 7.90. The molecule has 9 nitrogen and oxygen atoms in total. The molecular formula is C33H45Cl2N3O6S. The molecule has 248 valence electrons. The fourth-order valence-corrected chi connectivity index (χ4v) is 6.21. The molecule has 4 rings (SSSR count). The van der Waals surface area contributed by atoms with Crippen LogP contribution in [-0.4, -0.2) is 56.1 Å². The number of rotatable bonds is 15. The SMILES string of the molecule is Cl.Cl.Nc1ccc([C@H](O)CNCCCc2ccc(-c3ccc(C(=O)NS(=O)(=O)CCCO)c(OC4CCCCC4)c3)cc2)cc1. The molecule has 6 N–H and O–H groups in total. The summed E-state index contributed by atoms with van der Waals surface area (Å²) in [6.45, 7) is 0.969. The van der Waals surface area contributed by atoms with E-state index in [0.717, 1.165) is 68.2 Å². The van der Waals surface area contributed by atoms with E-state index in [9.17, 15) is 18.3 Å². The highest BCUT2D eigenvalue weighted by Gasteiger charge is 2.23. The van der Waals surface area contributed by atoms with Crippen molar-refractivity contribution >= 4 is 46.4 Å². The first kappa shape index (κ1) is 38.3. The molecular weight excluding hydrogens is 637 g/mol. The smallest absolute Gasteiger partial charge is 0.268 e. The first-order valence-corrected chi connectivity index (χ1v) is 16.7. The number of sulfonamides is 1. The number of halogens is 2. The number of carbonyl (C=O) groups excluding carboxylic acids is 1. The van der Waals surface area contributed by atoms with Crippen LogP contribution in [0.2, 0.25) is 0 Å². The summed E-state index contributed by atoms with van der Waals surface area (Å²) >= 11 is 0. The summed E-state index contributed by atoms with van der Waals surface area (Å²) in [5.74, 6) is -0.698. The van der Waals surface area contributed by atoms with Gasteiger partial charge in [0.15, 0.2) is 0 Å². The molecule has 0 bridgehead atoms. The van der Waals surface area contributed by atoms with Crippen LogP contribution < -0.4 is 20.5 Å². The molecule has 0 saturated heterocycles. The molecule has 0 unspecified atom stereocenters. The maximum absolute atomic E-state index is 13.0. The summed E-state index contributed by atoms with van der Waals surface area (Å²) in [6.07, 6.45) is 6.29. The number of benzene rings is 3. The van der Waals surface area contributed by atoms with Gasteiger partial charge in [-0.05, 0) is 98.0 Å². The number of amides is 1. The average molecular weight is 683 g/mol. The monoisotopic (exact) mass is 681 g/mol. The van der Waals surface area contributed by atoms with Crippen molar-refractivity contribution in [2.45, 2.75) is 63.6 Å². The lowest BCUT2D eigenvalue weighted by Gasteiger charge is -2.24. The lowest BCUT2D eigenvalue weighted by atomic mass is 9.97. The van der Waals surface area contributed by atoms with Crippen LogP contribution in [0.15, 0.2) is 66.7 Å². The van der Waals surface area contributed by atoms with E-state index < -0.39 is 22.0 Å². The van der Waals surface area contributed by atoms with E-state index in [0.29, 0.717) is 18.0 Å². The Bertz CT molecular complexity index is 1430. The van der Waals surface area contributed by atoms with Crippen LogP contribution in [0.3, 0.4) is 0 Å². The largest absolute Gasteiger partial charge is 0.490 e. The Hall–Kier alpha value is -2.86. The van der Waals surface area contributed by atoms with Gasteiger partial charge < -0.3 is 26.0 Å². The average Bonchev–Trinajstić information content (AvgIpc) is 3.00. The molecule has 1 atom stereocenters. The third-order valence-electron chi connectivity index (χ3n) is 7.66. The molecule has 1 amide bonds. The normalized spacial score (nSPS) is 14.1. The van der Waals surface area contributed by atoms with Crippen molar-refractivity contribution in [2.24, 2.45) is 0 Å². The number of hydrogen-bond donors (Lipinski definition) is 5. The van der Waals surface area contributed by atoms with Crippen LogP contribution in [0, 0.1) is 0 Å². The van der Waals surface area contributed by atoms with Gasteiger partial charge in [0, 0.05) is 18.8 Å². The fraction of sp³-hybridized carbons (Fsp3) is 0.424. The number of ether oxygens (including phenoxy) is 1. The van der Waals surface area contributed by atoms with E-state index in [1.807, 2.05) is 30.3 Å². The maximum atomic E-state index is 13.0. The molecule has 12 heteroatoms. The Labute approximate surface area is 278 Å². The number of nitrogens with one attached hydrogen (secondary N) is 2. The number of aliphatic hydroxyl groups is 2. The van der Waals surface area contributed by atoms with Gasteiger partial charge >= 0.3 is 0 Å². The number of hydrogen-bond acceptors (Lipinski definition) is 8. The van der Waals surface area contributed by atoms with E-state index in [1.54, 1.807) is 24.3 Å². The van der Waals surface area contributed by atoms with Gasteiger partial charge in [-0.1, -0.05) is 48.9 Å². The molecule has 1 saturated carbocycles. The summed E-state index contributed by atoms with van der Waals surface area (Å²) in [4.78, 5) is 13.0. The van der Waals surface area contributed by atoms with E-state index in [-0.39, 0.29) is 55.3 Å². The van der Waals surface area contributed by atoms with Gasteiger partial charge in [-0.2, -0.15) is 0 Å². The van der Waals surface area contributed by atoms with Crippen LogP contribution in [0.5, 0.6) is 5.75 Å². The minimum atomic E-state index is -3.87. The van der Waals surface area contributed by atoms with E-state index in [4.69, 9.17) is 15.6 Å². The van der Waals surface area contributed by atoms with E-state index in [1.165, 1.54) is 5.56 Å². The summed E-state index contributed by atoms with van der Waals surface area (Å²) in [7, 11) is -3.87. The zero-order chi connectivity index (χ0) is 30.7. The predicted octanol–water partition coefficient (Wildman–Crippen LogP) is 5.19. The minimum absolute atomic E-state index is 0. The third-order valence-corrected chi connectivity index (χ3v) is 8.98. The van der Waals surface area contributed by atoms with Crippen LogP contribution in [0.25, 0.3) is 11.1 Å². The van der Waals surface area contributed by atoms with Gasteiger partial charge in [0.25, 0.3) is 5.91 Å². The van der Waals surface area contributed by atoms with Crippen molar-refractivity contribution < 1.29 is 28.2 Å². The number of nitrogens with two attached hydrogens (primary N) is 1. The van der Waals surface area contributed by atoms with Crippen molar-refractivity contribution in [3.05, 3.63) is 83.4 Å². The summed E-state index contributed by atoms with van der Waals surface area (Å²) in [5, 5.41) is 22.6. The van der Waals surface area contributed by atoms with Crippen molar-refractivity contribution in [1.29, 1.82) is 0 Å². The minimum Gasteiger partial charge on any atom is -0.490 e. The number of anilines is 1. The third kappa shape index (κ3) is 12.1.